The van der Waals surface area contributed by atoms with Gasteiger partial charge in [0.15, 0.2) is 0 Å². The number of rotatable bonds is 5. The van der Waals surface area contributed by atoms with Gasteiger partial charge in [-0.2, -0.15) is 0 Å². The molecule has 0 bridgehead atoms. The van der Waals surface area contributed by atoms with E-state index in [1.807, 2.05) is 30.5 Å². The predicted molar refractivity (Wildman–Crippen MR) is 82.5 cm³/mol. The number of likely N-dealkylation sites (tertiary alicyclic amines) is 1. The van der Waals surface area contributed by atoms with Gasteiger partial charge in [0.1, 0.15) is 5.54 Å². The van der Waals surface area contributed by atoms with Crippen LogP contribution in [0.1, 0.15) is 6.42 Å². The number of benzene rings is 1. The van der Waals surface area contributed by atoms with Gasteiger partial charge in [0.05, 0.1) is 12.2 Å². The van der Waals surface area contributed by atoms with Crippen LogP contribution in [0.5, 0.6) is 0 Å². The third-order valence-electron chi connectivity index (χ3n) is 3.55. The van der Waals surface area contributed by atoms with Crippen molar-refractivity contribution in [2.45, 2.75) is 16.9 Å². The minimum atomic E-state index is -1.24. The van der Waals surface area contributed by atoms with Crippen LogP contribution in [0.4, 0.5) is 5.69 Å². The highest BCUT2D eigenvalue weighted by Crippen LogP contribution is 2.25. The van der Waals surface area contributed by atoms with E-state index >= 15 is 0 Å². The van der Waals surface area contributed by atoms with Crippen molar-refractivity contribution < 1.29 is 14.7 Å². The monoisotopic (exact) mass is 309 g/mol. The average molecular weight is 309 g/mol. The molecule has 1 atom stereocenters. The molecule has 1 fully saturated rings. The molecule has 1 aromatic carbocycles. The van der Waals surface area contributed by atoms with Crippen LogP contribution in [0.25, 0.3) is 0 Å². The number of para-hydroxylation sites is 1. The van der Waals surface area contributed by atoms with Crippen LogP contribution in [0, 0.1) is 0 Å². The van der Waals surface area contributed by atoms with E-state index in [1.165, 1.54) is 0 Å². The molecule has 114 valence electrons. The van der Waals surface area contributed by atoms with Crippen molar-refractivity contribution in [1.29, 1.82) is 0 Å². The molecular weight excluding hydrogens is 290 g/mol. The SMILES string of the molecule is CSc1ccccc1NC(=O)CN1CCC(N)(C(=O)O)C1. The van der Waals surface area contributed by atoms with Crippen molar-refractivity contribution in [3.05, 3.63) is 24.3 Å². The van der Waals surface area contributed by atoms with Crippen molar-refractivity contribution in [2.24, 2.45) is 5.73 Å². The lowest BCUT2D eigenvalue weighted by Gasteiger charge is -2.19. The summed E-state index contributed by atoms with van der Waals surface area (Å²) in [6.07, 6.45) is 2.30. The van der Waals surface area contributed by atoms with E-state index in [9.17, 15) is 9.59 Å². The first-order valence-corrected chi connectivity index (χ1v) is 7.84. The van der Waals surface area contributed by atoms with Gasteiger partial charge >= 0.3 is 5.97 Å². The average Bonchev–Trinajstić information content (AvgIpc) is 2.82. The third kappa shape index (κ3) is 3.75. The molecular formula is C14H19N3O3S. The van der Waals surface area contributed by atoms with Crippen LogP contribution in [0.3, 0.4) is 0 Å². The minimum Gasteiger partial charge on any atom is -0.480 e. The molecule has 0 saturated carbocycles. The van der Waals surface area contributed by atoms with Crippen molar-refractivity contribution >= 4 is 29.3 Å². The Balaban J connectivity index is 1.93. The Morgan fingerprint density at radius 2 is 2.19 bits per heavy atom. The summed E-state index contributed by atoms with van der Waals surface area (Å²) in [7, 11) is 0. The second-order valence-electron chi connectivity index (χ2n) is 5.17. The number of hydrogen-bond donors (Lipinski definition) is 3. The van der Waals surface area contributed by atoms with E-state index in [-0.39, 0.29) is 19.0 Å². The zero-order valence-corrected chi connectivity index (χ0v) is 12.7. The molecule has 1 saturated heterocycles. The molecule has 7 heteroatoms. The Hall–Kier alpha value is -1.57. The number of carboxylic acid groups (broad SMARTS) is 1. The second kappa shape index (κ2) is 6.46. The number of anilines is 1. The van der Waals surface area contributed by atoms with Crippen LogP contribution in [-0.4, -0.2) is 53.3 Å². The summed E-state index contributed by atoms with van der Waals surface area (Å²) in [5.74, 6) is -1.18. The number of thioether (sulfide) groups is 1. The first-order valence-electron chi connectivity index (χ1n) is 6.62. The first-order chi connectivity index (χ1) is 9.94. The lowest BCUT2D eigenvalue weighted by molar-refractivity contribution is -0.143. The zero-order valence-electron chi connectivity index (χ0n) is 11.8. The van der Waals surface area contributed by atoms with E-state index in [0.29, 0.717) is 13.0 Å². The first kappa shape index (κ1) is 15.8. The van der Waals surface area contributed by atoms with E-state index in [0.717, 1.165) is 10.6 Å². The van der Waals surface area contributed by atoms with Gasteiger partial charge in [-0.1, -0.05) is 12.1 Å². The highest BCUT2D eigenvalue weighted by atomic mass is 32.2. The Morgan fingerprint density at radius 3 is 2.81 bits per heavy atom. The highest BCUT2D eigenvalue weighted by molar-refractivity contribution is 7.98. The van der Waals surface area contributed by atoms with Gasteiger partial charge in [0.25, 0.3) is 0 Å². The van der Waals surface area contributed by atoms with Gasteiger partial charge in [0, 0.05) is 18.0 Å². The van der Waals surface area contributed by atoms with E-state index < -0.39 is 11.5 Å². The van der Waals surface area contributed by atoms with Crippen LogP contribution < -0.4 is 11.1 Å². The molecule has 1 heterocycles. The van der Waals surface area contributed by atoms with Crippen LogP contribution >= 0.6 is 11.8 Å². The summed E-state index contributed by atoms with van der Waals surface area (Å²) < 4.78 is 0. The number of carbonyl (C=O) groups excluding carboxylic acids is 1. The molecule has 0 radical (unpaired) electrons. The van der Waals surface area contributed by atoms with Crippen molar-refractivity contribution in [3.8, 4) is 0 Å². The smallest absolute Gasteiger partial charge is 0.325 e. The van der Waals surface area contributed by atoms with Crippen molar-refractivity contribution in [2.75, 3.05) is 31.2 Å². The summed E-state index contributed by atoms with van der Waals surface area (Å²) in [6, 6.07) is 7.56. The van der Waals surface area contributed by atoms with Crippen molar-refractivity contribution in [1.82, 2.24) is 4.90 Å². The maximum Gasteiger partial charge on any atom is 0.325 e. The zero-order chi connectivity index (χ0) is 15.5. The molecule has 1 unspecified atom stereocenters. The van der Waals surface area contributed by atoms with Crippen LogP contribution in [0.2, 0.25) is 0 Å². The number of nitrogens with zero attached hydrogens (tertiary/aromatic N) is 1. The Labute approximate surface area is 127 Å². The Morgan fingerprint density at radius 1 is 1.48 bits per heavy atom. The fourth-order valence-electron chi connectivity index (χ4n) is 2.37. The molecule has 1 aliphatic rings. The molecule has 0 aromatic heterocycles. The molecule has 1 aliphatic heterocycles. The van der Waals surface area contributed by atoms with Gasteiger partial charge in [-0.25, -0.2) is 0 Å². The lowest BCUT2D eigenvalue weighted by Crippen LogP contribution is -2.50. The van der Waals surface area contributed by atoms with Crippen molar-refractivity contribution in [3.63, 3.8) is 0 Å². The summed E-state index contributed by atoms with van der Waals surface area (Å²) in [5, 5.41) is 11.9. The highest BCUT2D eigenvalue weighted by Gasteiger charge is 2.41. The van der Waals surface area contributed by atoms with Gasteiger partial charge in [0.2, 0.25) is 5.91 Å². The lowest BCUT2D eigenvalue weighted by atomic mass is 10.0. The third-order valence-corrected chi connectivity index (χ3v) is 4.35. The fraction of sp³-hybridized carbons (Fsp3) is 0.429. The van der Waals surface area contributed by atoms with Gasteiger partial charge < -0.3 is 16.2 Å². The van der Waals surface area contributed by atoms with E-state index in [1.54, 1.807) is 16.7 Å². The van der Waals surface area contributed by atoms with Gasteiger partial charge in [-0.05, 0) is 24.8 Å². The molecule has 0 spiro atoms. The van der Waals surface area contributed by atoms with E-state index in [4.69, 9.17) is 10.8 Å². The number of nitrogens with two attached hydrogens (primary N) is 1. The number of amides is 1. The number of aliphatic carboxylic acids is 1. The number of carbonyl (C=O) groups is 2. The number of nitrogens with one attached hydrogen (secondary N) is 1. The normalized spacial score (nSPS) is 22.2. The quantitative estimate of drug-likeness (QED) is 0.698. The van der Waals surface area contributed by atoms with Gasteiger partial charge in [-0.15, -0.1) is 11.8 Å². The molecule has 6 nitrogen and oxygen atoms in total. The predicted octanol–water partition coefficient (Wildman–Crippen LogP) is 0.835. The maximum atomic E-state index is 12.1. The number of hydrogen-bond acceptors (Lipinski definition) is 5. The molecule has 2 rings (SSSR count). The molecule has 21 heavy (non-hydrogen) atoms. The standard InChI is InChI=1S/C14H19N3O3S/c1-21-11-5-3-2-4-10(11)16-12(18)8-17-7-6-14(15,9-17)13(19)20/h2-5H,6-9,15H2,1H3,(H,16,18)(H,19,20). The van der Waals surface area contributed by atoms with Crippen LogP contribution in [0.15, 0.2) is 29.2 Å². The largest absolute Gasteiger partial charge is 0.480 e. The maximum absolute atomic E-state index is 12.1. The molecule has 1 amide bonds. The summed E-state index contributed by atoms with van der Waals surface area (Å²) in [6.45, 7) is 0.856. The van der Waals surface area contributed by atoms with E-state index in [2.05, 4.69) is 5.32 Å². The number of carboxylic acids is 1. The Kier molecular flexibility index (Phi) is 4.87. The molecule has 0 aliphatic carbocycles. The topological polar surface area (TPSA) is 95.7 Å². The minimum absolute atomic E-state index is 0.148. The Bertz CT molecular complexity index is 552. The van der Waals surface area contributed by atoms with Crippen LogP contribution in [-0.2, 0) is 9.59 Å². The summed E-state index contributed by atoms with van der Waals surface area (Å²) in [4.78, 5) is 25.9. The second-order valence-corrected chi connectivity index (χ2v) is 6.02. The molecule has 1 aromatic rings. The fourth-order valence-corrected chi connectivity index (χ4v) is 2.92. The summed E-state index contributed by atoms with van der Waals surface area (Å²) in [5.41, 5.74) is 5.32. The van der Waals surface area contributed by atoms with Gasteiger partial charge in [-0.3, -0.25) is 14.5 Å². The molecule has 4 N–H and O–H groups in total. The summed E-state index contributed by atoms with van der Waals surface area (Å²) >= 11 is 1.56.